The highest BCUT2D eigenvalue weighted by atomic mass is 35.5. The maximum absolute atomic E-state index is 5.37. The first-order chi connectivity index (χ1) is 9.83. The molecule has 1 aromatic heterocycles. The van der Waals surface area contributed by atoms with Gasteiger partial charge in [0.1, 0.15) is 5.75 Å². The molecular formula is C17H23ClN2O. The second-order valence-corrected chi connectivity index (χ2v) is 5.43. The third-order valence-corrected chi connectivity index (χ3v) is 4.02. The SMILES string of the molecule is CCCNc1c2c(nc3ccc(OC)cc13)CCCC2.Cl. The lowest BCUT2D eigenvalue weighted by Gasteiger charge is -2.21. The van der Waals surface area contributed by atoms with Crippen molar-refractivity contribution in [1.82, 2.24) is 4.98 Å². The molecule has 0 amide bonds. The van der Waals surface area contributed by atoms with E-state index >= 15 is 0 Å². The van der Waals surface area contributed by atoms with Crippen LogP contribution in [0.5, 0.6) is 5.75 Å². The van der Waals surface area contributed by atoms with Gasteiger partial charge in [-0.05, 0) is 55.9 Å². The van der Waals surface area contributed by atoms with Crippen molar-refractivity contribution >= 4 is 29.0 Å². The molecule has 0 fully saturated rings. The number of nitrogens with one attached hydrogen (secondary N) is 1. The number of benzene rings is 1. The van der Waals surface area contributed by atoms with Gasteiger partial charge in [-0.1, -0.05) is 6.92 Å². The summed E-state index contributed by atoms with van der Waals surface area (Å²) in [6.07, 6.45) is 5.90. The lowest BCUT2D eigenvalue weighted by Crippen LogP contribution is -2.12. The number of hydrogen-bond acceptors (Lipinski definition) is 3. The smallest absolute Gasteiger partial charge is 0.119 e. The fourth-order valence-corrected chi connectivity index (χ4v) is 2.98. The molecule has 0 saturated heterocycles. The largest absolute Gasteiger partial charge is 0.497 e. The molecule has 1 aliphatic carbocycles. The Morgan fingerprint density at radius 3 is 2.81 bits per heavy atom. The molecule has 0 aliphatic heterocycles. The molecule has 21 heavy (non-hydrogen) atoms. The van der Waals surface area contributed by atoms with E-state index in [2.05, 4.69) is 24.4 Å². The summed E-state index contributed by atoms with van der Waals surface area (Å²) in [7, 11) is 1.71. The van der Waals surface area contributed by atoms with Gasteiger partial charge in [0.25, 0.3) is 0 Å². The number of rotatable bonds is 4. The van der Waals surface area contributed by atoms with Gasteiger partial charge in [0.05, 0.1) is 12.6 Å². The summed E-state index contributed by atoms with van der Waals surface area (Å²) in [4.78, 5) is 4.86. The monoisotopic (exact) mass is 306 g/mol. The van der Waals surface area contributed by atoms with E-state index in [9.17, 15) is 0 Å². The van der Waals surface area contributed by atoms with Crippen LogP contribution in [0.1, 0.15) is 37.4 Å². The Labute approximate surface area is 132 Å². The minimum absolute atomic E-state index is 0. The molecular weight excluding hydrogens is 284 g/mol. The first-order valence-electron chi connectivity index (χ1n) is 7.57. The third kappa shape index (κ3) is 3.08. The van der Waals surface area contributed by atoms with Crippen LogP contribution in [0.15, 0.2) is 18.2 Å². The number of nitrogens with zero attached hydrogens (tertiary/aromatic N) is 1. The molecule has 0 saturated carbocycles. The van der Waals surface area contributed by atoms with Crippen LogP contribution < -0.4 is 10.1 Å². The van der Waals surface area contributed by atoms with Crippen LogP contribution in [0.4, 0.5) is 5.69 Å². The Kier molecular flexibility index (Phi) is 5.29. The highest BCUT2D eigenvalue weighted by Crippen LogP contribution is 2.34. The van der Waals surface area contributed by atoms with Crippen LogP contribution in [-0.2, 0) is 12.8 Å². The number of pyridine rings is 1. The maximum Gasteiger partial charge on any atom is 0.119 e. The topological polar surface area (TPSA) is 34.2 Å². The zero-order valence-electron chi connectivity index (χ0n) is 12.7. The zero-order chi connectivity index (χ0) is 13.9. The molecule has 0 atom stereocenters. The normalized spacial score (nSPS) is 13.4. The van der Waals surface area contributed by atoms with Crippen molar-refractivity contribution in [3.63, 3.8) is 0 Å². The standard InChI is InChI=1S/C17H22N2O.ClH/c1-3-10-18-17-13-6-4-5-7-15(13)19-16-9-8-12(20-2)11-14(16)17;/h8-9,11H,3-7,10H2,1-2H3,(H,18,19);1H. The van der Waals surface area contributed by atoms with Gasteiger partial charge in [0.15, 0.2) is 0 Å². The molecule has 4 heteroatoms. The molecule has 1 aliphatic rings. The Balaban J connectivity index is 0.00000161. The van der Waals surface area contributed by atoms with Crippen molar-refractivity contribution in [3.05, 3.63) is 29.5 Å². The van der Waals surface area contributed by atoms with Crippen LogP contribution in [0.3, 0.4) is 0 Å². The minimum atomic E-state index is 0. The van der Waals surface area contributed by atoms with E-state index in [1.807, 2.05) is 6.07 Å². The average molecular weight is 307 g/mol. The summed E-state index contributed by atoms with van der Waals surface area (Å²) in [6, 6.07) is 6.17. The summed E-state index contributed by atoms with van der Waals surface area (Å²) in [5, 5.41) is 4.81. The van der Waals surface area contributed by atoms with E-state index in [4.69, 9.17) is 9.72 Å². The van der Waals surface area contributed by atoms with E-state index in [0.29, 0.717) is 0 Å². The molecule has 114 valence electrons. The van der Waals surface area contributed by atoms with Crippen LogP contribution in [0.25, 0.3) is 10.9 Å². The molecule has 0 radical (unpaired) electrons. The van der Waals surface area contributed by atoms with E-state index in [0.717, 1.165) is 37.1 Å². The van der Waals surface area contributed by atoms with Crippen LogP contribution in [0.2, 0.25) is 0 Å². The van der Waals surface area contributed by atoms with Crippen molar-refractivity contribution in [2.75, 3.05) is 19.0 Å². The van der Waals surface area contributed by atoms with Gasteiger partial charge in [-0.15, -0.1) is 12.4 Å². The Hall–Kier alpha value is -1.48. The minimum Gasteiger partial charge on any atom is -0.497 e. The summed E-state index contributed by atoms with van der Waals surface area (Å²) < 4.78 is 5.37. The van der Waals surface area contributed by atoms with Crippen molar-refractivity contribution in [1.29, 1.82) is 0 Å². The molecule has 3 rings (SSSR count). The maximum atomic E-state index is 5.37. The number of anilines is 1. The van der Waals surface area contributed by atoms with Gasteiger partial charge in [-0.2, -0.15) is 0 Å². The fourth-order valence-electron chi connectivity index (χ4n) is 2.98. The lowest BCUT2D eigenvalue weighted by molar-refractivity contribution is 0.415. The fraction of sp³-hybridized carbons (Fsp3) is 0.471. The second kappa shape index (κ2) is 6.99. The number of methoxy groups -OCH3 is 1. The second-order valence-electron chi connectivity index (χ2n) is 5.43. The lowest BCUT2D eigenvalue weighted by atomic mass is 9.92. The summed E-state index contributed by atoms with van der Waals surface area (Å²) >= 11 is 0. The number of halogens is 1. The third-order valence-electron chi connectivity index (χ3n) is 4.02. The number of hydrogen-bond donors (Lipinski definition) is 1. The van der Waals surface area contributed by atoms with Gasteiger partial charge in [0.2, 0.25) is 0 Å². The molecule has 0 spiro atoms. The first kappa shape index (κ1) is 15.9. The number of ether oxygens (including phenoxy) is 1. The van der Waals surface area contributed by atoms with Crippen molar-refractivity contribution in [2.45, 2.75) is 39.0 Å². The van der Waals surface area contributed by atoms with Gasteiger partial charge in [-0.3, -0.25) is 4.98 Å². The molecule has 1 heterocycles. The van der Waals surface area contributed by atoms with Gasteiger partial charge >= 0.3 is 0 Å². The van der Waals surface area contributed by atoms with E-state index < -0.39 is 0 Å². The van der Waals surface area contributed by atoms with E-state index in [1.54, 1.807) is 7.11 Å². The highest BCUT2D eigenvalue weighted by Gasteiger charge is 2.18. The van der Waals surface area contributed by atoms with E-state index in [-0.39, 0.29) is 12.4 Å². The van der Waals surface area contributed by atoms with Gasteiger partial charge in [-0.25, -0.2) is 0 Å². The van der Waals surface area contributed by atoms with Gasteiger partial charge in [0, 0.05) is 23.3 Å². The van der Waals surface area contributed by atoms with Crippen molar-refractivity contribution < 1.29 is 4.74 Å². The van der Waals surface area contributed by atoms with Crippen molar-refractivity contribution in [2.24, 2.45) is 0 Å². The van der Waals surface area contributed by atoms with Crippen LogP contribution in [-0.4, -0.2) is 18.6 Å². The molecule has 0 unspecified atom stereocenters. The van der Waals surface area contributed by atoms with E-state index in [1.165, 1.54) is 35.2 Å². The van der Waals surface area contributed by atoms with Crippen LogP contribution in [0, 0.1) is 0 Å². The molecule has 3 nitrogen and oxygen atoms in total. The number of aromatic nitrogens is 1. The number of aryl methyl sites for hydroxylation is 1. The quantitative estimate of drug-likeness (QED) is 0.911. The molecule has 1 aromatic carbocycles. The number of fused-ring (bicyclic) bond motifs is 2. The van der Waals surface area contributed by atoms with Crippen molar-refractivity contribution in [3.8, 4) is 5.75 Å². The Morgan fingerprint density at radius 1 is 1.24 bits per heavy atom. The molecule has 0 bridgehead atoms. The summed E-state index contributed by atoms with van der Waals surface area (Å²) in [6.45, 7) is 3.20. The molecule has 2 aromatic rings. The van der Waals surface area contributed by atoms with Gasteiger partial charge < -0.3 is 10.1 Å². The highest BCUT2D eigenvalue weighted by molar-refractivity contribution is 5.94. The molecule has 1 N–H and O–H groups in total. The average Bonchev–Trinajstić information content (AvgIpc) is 2.51. The Morgan fingerprint density at radius 2 is 2.05 bits per heavy atom. The first-order valence-corrected chi connectivity index (χ1v) is 7.57. The summed E-state index contributed by atoms with van der Waals surface area (Å²) in [5.41, 5.74) is 5.06. The predicted molar refractivity (Wildman–Crippen MR) is 91.0 cm³/mol. The van der Waals surface area contributed by atoms with Crippen LogP contribution >= 0.6 is 12.4 Å². The zero-order valence-corrected chi connectivity index (χ0v) is 13.6. The summed E-state index contributed by atoms with van der Waals surface area (Å²) in [5.74, 6) is 0.898. The Bertz CT molecular complexity index is 628. The predicted octanol–water partition coefficient (Wildman–Crippen LogP) is 4.37.